The maximum Gasteiger partial charge on any atom is 0.340 e. The first kappa shape index (κ1) is 81.2. The number of carbonyl (C=O) groups excluding carboxylic acids is 5. The Morgan fingerprint density at radius 2 is 1.03 bits per heavy atom. The number of benzene rings is 1. The molecule has 0 saturated carbocycles. The highest BCUT2D eigenvalue weighted by atomic mass is 35.5. The maximum atomic E-state index is 11.7. The first-order chi connectivity index (χ1) is 44.6. The molecule has 1 aromatic carbocycles. The zero-order valence-electron chi connectivity index (χ0n) is 51.9. The molecule has 6 saturated heterocycles. The molecule has 6 N–H and O–H groups in total. The van der Waals surface area contributed by atoms with Crippen LogP contribution in [-0.4, -0.2) is 269 Å². The van der Waals surface area contributed by atoms with Gasteiger partial charge in [0.05, 0.1) is 101 Å². The van der Waals surface area contributed by atoms with Gasteiger partial charge in [0.15, 0.2) is 68.8 Å². The largest absolute Gasteiger partial charge is 0.479 e. The fourth-order valence-corrected chi connectivity index (χ4v) is 9.08. The van der Waals surface area contributed by atoms with Crippen LogP contribution < -0.4 is 16.0 Å². The van der Waals surface area contributed by atoms with Crippen molar-refractivity contribution in [1.82, 2.24) is 30.7 Å². The first-order valence-electron chi connectivity index (χ1n) is 29.0. The van der Waals surface area contributed by atoms with Crippen LogP contribution in [0.5, 0.6) is 0 Å². The molecule has 0 spiro atoms. The lowest BCUT2D eigenvalue weighted by Crippen LogP contribution is -2.46. The Bertz CT molecular complexity index is 2480. The summed E-state index contributed by atoms with van der Waals surface area (Å²) in [5.41, 5.74) is 2.29. The molecule has 31 nitrogen and oxygen atoms in total. The Kier molecular flexibility index (Phi) is 38.9. The Morgan fingerprint density at radius 1 is 0.591 bits per heavy atom. The smallest absolute Gasteiger partial charge is 0.340 e. The van der Waals surface area contributed by atoms with E-state index in [-0.39, 0.29) is 112 Å². The summed E-state index contributed by atoms with van der Waals surface area (Å²) in [7, 11) is 0. The quantitative estimate of drug-likeness (QED) is 0.0659. The van der Waals surface area contributed by atoms with Gasteiger partial charge >= 0.3 is 17.9 Å². The molecular formula is C56H82Cl6N6O25. The molecule has 0 aliphatic carbocycles. The second kappa shape index (κ2) is 44.6. The third-order valence-corrected chi connectivity index (χ3v) is 14.2. The van der Waals surface area contributed by atoms with Gasteiger partial charge < -0.3 is 122 Å². The number of carboxylic acids is 1. The van der Waals surface area contributed by atoms with Gasteiger partial charge in [-0.1, -0.05) is 17.7 Å². The number of esters is 2. The highest BCUT2D eigenvalue weighted by Crippen LogP contribution is 2.23. The number of alkyl halides is 5. The summed E-state index contributed by atoms with van der Waals surface area (Å²) < 4.78 is 82.4. The van der Waals surface area contributed by atoms with Gasteiger partial charge in [0.25, 0.3) is 0 Å². The van der Waals surface area contributed by atoms with Crippen molar-refractivity contribution in [2.45, 2.75) is 123 Å². The summed E-state index contributed by atoms with van der Waals surface area (Å²) in [4.78, 5) is 71.7. The van der Waals surface area contributed by atoms with E-state index in [1.807, 2.05) is 28.5 Å². The number of hydrogen-bond acceptors (Lipinski definition) is 27. The fraction of sp³-hybridized carbons (Fsp3) is 0.679. The number of carboxylic acid groups (broad SMARTS) is 1. The van der Waals surface area contributed by atoms with Gasteiger partial charge in [-0.05, 0) is 52.8 Å². The molecule has 0 radical (unpaired) electrons. The molecule has 37 heteroatoms. The number of amides is 3. The summed E-state index contributed by atoms with van der Waals surface area (Å²) in [5, 5.41) is 34.4. The van der Waals surface area contributed by atoms with Crippen molar-refractivity contribution in [2.75, 3.05) is 122 Å². The van der Waals surface area contributed by atoms with E-state index >= 15 is 0 Å². The normalized spacial score (nSPS) is 27.8. The highest BCUT2D eigenvalue weighted by Gasteiger charge is 2.35. The van der Waals surface area contributed by atoms with Gasteiger partial charge in [0.2, 0.25) is 24.0 Å². The summed E-state index contributed by atoms with van der Waals surface area (Å²) in [5.74, 6) is -0.646. The van der Waals surface area contributed by atoms with Gasteiger partial charge in [-0.15, -0.1) is 58.0 Å². The lowest BCUT2D eigenvalue weighted by Gasteiger charge is -2.30. The van der Waals surface area contributed by atoms with E-state index in [1.54, 1.807) is 57.6 Å². The van der Waals surface area contributed by atoms with Crippen molar-refractivity contribution in [1.29, 1.82) is 0 Å². The number of nitrogens with one attached hydrogen (secondary N) is 3. The SMILES string of the molecule is CC(=O)OCC1OCC(N2C=C(C)C(=O)NC2)O1.CC1=CN(C2COC(CCl)O2)CNC1=O.CC1=CN(C2COC(CO)O2)CNC1=O.CCOC(CCl)OCC.O=C(O)C1COC(CCl)O1.O=C(OC1COC(CCl)O1)c1cccc(Cl)c1.OCC1COC(CCl)O1. The lowest BCUT2D eigenvalue weighted by atomic mass is 10.2. The molecule has 9 aliphatic rings. The molecule has 9 aliphatic heterocycles. The van der Waals surface area contributed by atoms with E-state index in [1.165, 1.54) is 13.0 Å². The minimum atomic E-state index is -1.01. The molecule has 12 atom stereocenters. The minimum absolute atomic E-state index is 0.00733. The average molecular weight is 1450 g/mol. The minimum Gasteiger partial charge on any atom is -0.479 e. The molecule has 1 aromatic rings. The molecular weight excluding hydrogens is 1370 g/mol. The highest BCUT2D eigenvalue weighted by molar-refractivity contribution is 6.30. The van der Waals surface area contributed by atoms with Gasteiger partial charge in [-0.2, -0.15) is 0 Å². The number of aliphatic carboxylic acids is 1. The summed E-state index contributed by atoms with van der Waals surface area (Å²) >= 11 is 33.1. The van der Waals surface area contributed by atoms with Crippen molar-refractivity contribution < 1.29 is 120 Å². The van der Waals surface area contributed by atoms with E-state index in [4.69, 9.17) is 161 Å². The average Bonchev–Trinajstić information content (AvgIpc) is 1.91. The van der Waals surface area contributed by atoms with E-state index in [0.29, 0.717) is 105 Å². The number of hydrogen-bond donors (Lipinski definition) is 6. The monoisotopic (exact) mass is 1450 g/mol. The van der Waals surface area contributed by atoms with Crippen LogP contribution in [0.25, 0.3) is 0 Å². The van der Waals surface area contributed by atoms with Gasteiger partial charge in [-0.25, -0.2) is 9.59 Å². The molecule has 3 amide bonds. The second-order valence-electron chi connectivity index (χ2n) is 19.8. The predicted octanol–water partition coefficient (Wildman–Crippen LogP) is 2.80. The molecule has 12 unspecified atom stereocenters. The Morgan fingerprint density at radius 3 is 1.41 bits per heavy atom. The first-order valence-corrected chi connectivity index (χ1v) is 32.0. The maximum absolute atomic E-state index is 11.7. The van der Waals surface area contributed by atoms with E-state index in [0.717, 1.165) is 0 Å². The van der Waals surface area contributed by atoms with E-state index in [2.05, 4.69) is 16.0 Å². The number of aliphatic hydroxyl groups is 2. The number of aliphatic hydroxyl groups excluding tert-OH is 2. The number of halogens is 6. The van der Waals surface area contributed by atoms with Crippen LogP contribution in [0.4, 0.5) is 0 Å². The van der Waals surface area contributed by atoms with Crippen molar-refractivity contribution in [3.8, 4) is 0 Å². The van der Waals surface area contributed by atoms with Crippen LogP contribution in [0.15, 0.2) is 59.6 Å². The number of rotatable bonds is 19. The molecule has 10 rings (SSSR count). The van der Waals surface area contributed by atoms with E-state index < -0.39 is 49.5 Å². The van der Waals surface area contributed by atoms with Crippen molar-refractivity contribution in [2.24, 2.45) is 0 Å². The molecule has 6 fully saturated rings. The topological polar surface area (TPSA) is 357 Å². The van der Waals surface area contributed by atoms with Gasteiger partial charge in [-0.3, -0.25) is 19.2 Å². The van der Waals surface area contributed by atoms with Crippen molar-refractivity contribution in [3.05, 3.63) is 70.2 Å². The van der Waals surface area contributed by atoms with Gasteiger partial charge in [0.1, 0.15) is 19.3 Å². The number of nitrogens with zero attached hydrogens (tertiary/aromatic N) is 3. The van der Waals surface area contributed by atoms with Crippen LogP contribution in [0.2, 0.25) is 5.02 Å². The number of ether oxygens (including phenoxy) is 16. The fourth-order valence-electron chi connectivity index (χ4n) is 8.06. The van der Waals surface area contributed by atoms with Crippen LogP contribution in [0.3, 0.4) is 0 Å². The third-order valence-electron chi connectivity index (χ3n) is 12.7. The van der Waals surface area contributed by atoms with Crippen LogP contribution in [-0.2, 0) is 99.8 Å². The summed E-state index contributed by atoms with van der Waals surface area (Å²) in [6.45, 7) is 14.8. The lowest BCUT2D eigenvalue weighted by molar-refractivity contribution is -0.158. The van der Waals surface area contributed by atoms with Crippen LogP contribution in [0.1, 0.15) is 51.9 Å². The zero-order valence-corrected chi connectivity index (χ0v) is 56.5. The number of carbonyl (C=O) groups is 6. The predicted molar refractivity (Wildman–Crippen MR) is 329 cm³/mol. The molecule has 528 valence electrons. The molecule has 0 aromatic heterocycles. The zero-order chi connectivity index (χ0) is 68.4. The van der Waals surface area contributed by atoms with Gasteiger partial charge in [0, 0.05) is 60.5 Å². The van der Waals surface area contributed by atoms with E-state index in [9.17, 15) is 28.8 Å². The molecule has 9 heterocycles. The van der Waals surface area contributed by atoms with Crippen molar-refractivity contribution in [3.63, 3.8) is 0 Å². The molecule has 93 heavy (non-hydrogen) atoms. The third kappa shape index (κ3) is 29.6. The summed E-state index contributed by atoms with van der Waals surface area (Å²) in [6.07, 6.45) is -0.209. The molecule has 0 bridgehead atoms. The Balaban J connectivity index is 0.000000235. The second-order valence-corrected chi connectivity index (χ2v) is 21.8. The Labute approximate surface area is 568 Å². The van der Waals surface area contributed by atoms with Crippen LogP contribution in [0, 0.1) is 0 Å². The summed E-state index contributed by atoms with van der Waals surface area (Å²) in [6, 6.07) is 6.49. The van der Waals surface area contributed by atoms with Crippen LogP contribution >= 0.6 is 69.6 Å². The van der Waals surface area contributed by atoms with Crippen molar-refractivity contribution >= 4 is 105 Å². The Hall–Kier alpha value is -4.24. The standard InChI is InChI=1S/C11H10Cl2O4.C11H16N2O5.C9H13ClN2O3.C9H14N2O4.C6H13ClO2.C5H7ClO4.C5H9ClO3/c12-5-9-15-6-10(16-9)17-11(14)7-2-1-3-8(13)4-7;1-7-3-13(6-12-11(7)15)9-4-17-10(18-9)5-16-8(2)14;1-6-3-12(5-11-9(6)13)7-4-14-8(2-10)15-7;1-6-2-11(5-10-9(6)13)7-4-14-8(3-12)15-7;1-3-8-6(5-7)9-4-2;6-1-4-9-2-3(10-4)5(7)8;6-1-5-8-3-4(2-7)9-5/h1-4,9-10H,5-6H2;3,9-10H,4-6H2,1-2H3,(H,12,15);3,7-8H,2,4-5H2,1H3,(H,11,13);2,7-8,12H,3-5H2,1H3,(H,10,13);6H,3-5H2,1-2H3;3-4H,1-2H2,(H,7,8);4-5,7H,1-3H2.